The molecule has 9 nitrogen and oxygen atoms in total. The van der Waals surface area contributed by atoms with E-state index in [9.17, 15) is 5.11 Å². The predicted octanol–water partition coefficient (Wildman–Crippen LogP) is 3.06. The highest BCUT2D eigenvalue weighted by Gasteiger charge is 2.48. The molecule has 0 saturated carbocycles. The first-order valence-electron chi connectivity index (χ1n) is 11.0. The molecular formula is C24H24ClN5O4. The number of ether oxygens (including phenoxy) is 3. The monoisotopic (exact) mass is 481 g/mol. The number of halogens is 1. The van der Waals surface area contributed by atoms with Crippen LogP contribution in [-0.2, 0) is 17.4 Å². The van der Waals surface area contributed by atoms with Crippen LogP contribution in [0.25, 0.3) is 16.6 Å². The Morgan fingerprint density at radius 1 is 1.18 bits per heavy atom. The first-order valence-corrected chi connectivity index (χ1v) is 11.4. The molecule has 0 radical (unpaired) electrons. The van der Waals surface area contributed by atoms with Crippen LogP contribution in [0, 0.1) is 19.8 Å². The van der Waals surface area contributed by atoms with Gasteiger partial charge >= 0.3 is 0 Å². The van der Waals surface area contributed by atoms with Crippen molar-refractivity contribution in [3.63, 3.8) is 0 Å². The molecule has 6 rings (SSSR count). The quantitative estimate of drug-likeness (QED) is 0.468. The molecule has 1 aromatic carbocycles. The van der Waals surface area contributed by atoms with Gasteiger partial charge in [0.15, 0.2) is 5.60 Å². The van der Waals surface area contributed by atoms with Gasteiger partial charge in [0, 0.05) is 23.9 Å². The Morgan fingerprint density at radius 3 is 2.56 bits per heavy atom. The largest absolute Gasteiger partial charge is 0.486 e. The number of benzene rings is 1. The molecule has 1 N–H and O–H groups in total. The van der Waals surface area contributed by atoms with E-state index >= 15 is 0 Å². The summed E-state index contributed by atoms with van der Waals surface area (Å²) in [7, 11) is 3.43. The van der Waals surface area contributed by atoms with E-state index in [1.54, 1.807) is 19.5 Å². The number of pyridine rings is 1. The molecule has 0 spiro atoms. The van der Waals surface area contributed by atoms with Gasteiger partial charge in [-0.2, -0.15) is 0 Å². The molecule has 5 heterocycles. The molecule has 0 amide bonds. The van der Waals surface area contributed by atoms with E-state index in [1.165, 1.54) is 0 Å². The smallest absolute Gasteiger partial charge is 0.258 e. The van der Waals surface area contributed by atoms with Crippen molar-refractivity contribution in [2.45, 2.75) is 19.4 Å². The number of rotatable bonds is 5. The molecule has 0 bridgehead atoms. The summed E-state index contributed by atoms with van der Waals surface area (Å²) in [6, 6.07) is 3.72. The summed E-state index contributed by atoms with van der Waals surface area (Å²) in [6.07, 6.45) is 3.40. The Hall–Kier alpha value is -3.14. The lowest BCUT2D eigenvalue weighted by molar-refractivity contribution is -0.0511. The van der Waals surface area contributed by atoms with Gasteiger partial charge in [-0.05, 0) is 19.9 Å². The SMILES string of the molecule is COc1nc2ccc3c(c2c(Cl)c1OCC1COC1)-n1c(cnc1C)C3(O)c1cnc(C)n1C. The van der Waals surface area contributed by atoms with Crippen LogP contribution in [-0.4, -0.2) is 56.1 Å². The number of imidazole rings is 2. The van der Waals surface area contributed by atoms with Crippen LogP contribution in [0.1, 0.15) is 28.6 Å². The van der Waals surface area contributed by atoms with Gasteiger partial charge in [-0.1, -0.05) is 17.7 Å². The highest BCUT2D eigenvalue weighted by atomic mass is 35.5. The predicted molar refractivity (Wildman–Crippen MR) is 125 cm³/mol. The van der Waals surface area contributed by atoms with Gasteiger partial charge < -0.3 is 23.9 Å². The maximum Gasteiger partial charge on any atom is 0.258 e. The lowest BCUT2D eigenvalue weighted by atomic mass is 9.88. The molecule has 3 aromatic heterocycles. The zero-order valence-electron chi connectivity index (χ0n) is 19.3. The molecular weight excluding hydrogens is 458 g/mol. The van der Waals surface area contributed by atoms with Gasteiger partial charge in [-0.3, -0.25) is 4.57 Å². The van der Waals surface area contributed by atoms with Crippen LogP contribution in [0.15, 0.2) is 24.5 Å². The van der Waals surface area contributed by atoms with Gasteiger partial charge in [-0.25, -0.2) is 15.0 Å². The number of hydrogen-bond donors (Lipinski definition) is 1. The zero-order valence-corrected chi connectivity index (χ0v) is 20.0. The van der Waals surface area contributed by atoms with Gasteiger partial charge in [-0.15, -0.1) is 0 Å². The Morgan fingerprint density at radius 2 is 1.91 bits per heavy atom. The van der Waals surface area contributed by atoms with Crippen LogP contribution in [0.2, 0.25) is 5.02 Å². The van der Waals surface area contributed by atoms with Gasteiger partial charge in [0.2, 0.25) is 5.75 Å². The van der Waals surface area contributed by atoms with E-state index in [2.05, 4.69) is 15.0 Å². The summed E-state index contributed by atoms with van der Waals surface area (Å²) in [4.78, 5) is 13.6. The number of methoxy groups -OCH3 is 1. The van der Waals surface area contributed by atoms with E-state index in [0.717, 1.165) is 17.3 Å². The van der Waals surface area contributed by atoms with E-state index in [-0.39, 0.29) is 0 Å². The topological polar surface area (TPSA) is 96.4 Å². The van der Waals surface area contributed by atoms with Gasteiger partial charge in [0.1, 0.15) is 11.6 Å². The van der Waals surface area contributed by atoms with E-state index < -0.39 is 5.60 Å². The van der Waals surface area contributed by atoms with Crippen LogP contribution < -0.4 is 9.47 Å². The first kappa shape index (κ1) is 21.4. The van der Waals surface area contributed by atoms with Crippen molar-refractivity contribution in [2.24, 2.45) is 13.0 Å². The number of hydrogen-bond acceptors (Lipinski definition) is 7. The Labute approximate surface area is 200 Å². The molecule has 176 valence electrons. The molecule has 4 aromatic rings. The number of aryl methyl sites for hydroxylation is 2. The second-order valence-electron chi connectivity index (χ2n) is 8.82. The molecule has 2 aliphatic heterocycles. The minimum atomic E-state index is -1.46. The fourth-order valence-corrected chi connectivity index (χ4v) is 5.18. The van der Waals surface area contributed by atoms with Crippen molar-refractivity contribution in [2.75, 3.05) is 26.9 Å². The fourth-order valence-electron chi connectivity index (χ4n) is 4.85. The molecule has 1 saturated heterocycles. The van der Waals surface area contributed by atoms with Crippen LogP contribution >= 0.6 is 11.6 Å². The highest BCUT2D eigenvalue weighted by molar-refractivity contribution is 6.38. The maximum absolute atomic E-state index is 12.3. The number of aromatic nitrogens is 5. The normalized spacial score (nSPS) is 19.2. The fraction of sp³-hybridized carbons (Fsp3) is 0.375. The van der Waals surface area contributed by atoms with Crippen molar-refractivity contribution in [3.8, 4) is 17.3 Å². The minimum Gasteiger partial charge on any atom is -0.486 e. The molecule has 1 atom stereocenters. The van der Waals surface area contributed by atoms with Crippen molar-refractivity contribution >= 4 is 22.5 Å². The Kier molecular flexibility index (Phi) is 4.68. The minimum absolute atomic E-state index is 0.304. The molecule has 34 heavy (non-hydrogen) atoms. The summed E-state index contributed by atoms with van der Waals surface area (Å²) in [5.74, 6) is 2.51. The number of fused-ring (bicyclic) bond motifs is 5. The maximum atomic E-state index is 12.3. The van der Waals surface area contributed by atoms with E-state index in [1.807, 2.05) is 42.2 Å². The molecule has 10 heteroatoms. The van der Waals surface area contributed by atoms with Gasteiger partial charge in [0.05, 0.1) is 66.9 Å². The standard InChI is InChI=1S/C24H24ClN5O4/c1-12-26-7-17(29(12)3)24(31)15-5-6-16-19(21(15)30-13(2)27-8-18(24)30)20(25)22(23(28-16)32-4)34-11-14-9-33-10-14/h5-8,14,31H,9-11H2,1-4H3. The average molecular weight is 482 g/mol. The number of aliphatic hydroxyl groups is 1. The average Bonchev–Trinajstić information content (AvgIpc) is 3.42. The van der Waals surface area contributed by atoms with Gasteiger partial charge in [0.25, 0.3) is 5.88 Å². The van der Waals surface area contributed by atoms with E-state index in [4.69, 9.17) is 25.8 Å². The lowest BCUT2D eigenvalue weighted by Crippen LogP contribution is -2.32. The zero-order chi connectivity index (χ0) is 23.8. The highest BCUT2D eigenvalue weighted by Crippen LogP contribution is 2.51. The molecule has 0 aliphatic carbocycles. The summed E-state index contributed by atoms with van der Waals surface area (Å²) in [5.41, 5.74) is 1.83. The lowest BCUT2D eigenvalue weighted by Gasteiger charge is -2.26. The third-order valence-electron chi connectivity index (χ3n) is 6.87. The summed E-state index contributed by atoms with van der Waals surface area (Å²) in [6.45, 7) is 5.56. The second kappa shape index (κ2) is 7.43. The van der Waals surface area contributed by atoms with Crippen molar-refractivity contribution in [3.05, 3.63) is 58.1 Å². The Balaban J connectivity index is 1.64. The summed E-state index contributed by atoms with van der Waals surface area (Å²) >= 11 is 7.01. The Bertz CT molecular complexity index is 1460. The molecule has 1 fully saturated rings. The third kappa shape index (κ3) is 2.71. The molecule has 1 unspecified atom stereocenters. The van der Waals surface area contributed by atoms with Crippen molar-refractivity contribution in [1.29, 1.82) is 0 Å². The number of nitrogens with zero attached hydrogens (tertiary/aromatic N) is 5. The summed E-state index contributed by atoms with van der Waals surface area (Å²) < 4.78 is 20.7. The van der Waals surface area contributed by atoms with E-state index in [0.29, 0.717) is 70.2 Å². The van der Waals surface area contributed by atoms with Crippen molar-refractivity contribution in [1.82, 2.24) is 24.1 Å². The first-order chi connectivity index (χ1) is 16.4. The van der Waals surface area contributed by atoms with Crippen LogP contribution in [0.4, 0.5) is 0 Å². The van der Waals surface area contributed by atoms with Crippen molar-refractivity contribution < 1.29 is 19.3 Å². The molecule has 2 aliphatic rings. The second-order valence-corrected chi connectivity index (χ2v) is 9.20. The summed E-state index contributed by atoms with van der Waals surface area (Å²) in [5, 5.41) is 13.3. The third-order valence-corrected chi connectivity index (χ3v) is 7.23. The van der Waals surface area contributed by atoms with Crippen LogP contribution in [0.5, 0.6) is 11.6 Å². The van der Waals surface area contributed by atoms with Crippen LogP contribution in [0.3, 0.4) is 0 Å².